The summed E-state index contributed by atoms with van der Waals surface area (Å²) in [7, 11) is 0. The van der Waals surface area contributed by atoms with Crippen molar-refractivity contribution in [3.05, 3.63) is 70.8 Å². The van der Waals surface area contributed by atoms with Crippen LogP contribution in [0.5, 0.6) is 0 Å². The number of hydrogen-bond acceptors (Lipinski definition) is 4. The first kappa shape index (κ1) is 21.0. The summed E-state index contributed by atoms with van der Waals surface area (Å²) >= 11 is 0. The summed E-state index contributed by atoms with van der Waals surface area (Å²) in [4.78, 5) is 52.0. The quantitative estimate of drug-likeness (QED) is 0.426. The highest BCUT2D eigenvalue weighted by Gasteiger charge is 2.35. The third-order valence-electron chi connectivity index (χ3n) is 6.02. The van der Waals surface area contributed by atoms with Gasteiger partial charge in [0.25, 0.3) is 23.6 Å². The molecule has 2 heterocycles. The Kier molecular flexibility index (Phi) is 6.26. The van der Waals surface area contributed by atoms with Gasteiger partial charge in [-0.05, 0) is 37.1 Å². The number of imide groups is 2. The van der Waals surface area contributed by atoms with Gasteiger partial charge in [0.2, 0.25) is 0 Å². The maximum absolute atomic E-state index is 12.3. The average Bonchev–Trinajstić information content (AvgIpc) is 3.18. The molecule has 0 saturated heterocycles. The van der Waals surface area contributed by atoms with E-state index in [4.69, 9.17) is 0 Å². The predicted molar refractivity (Wildman–Crippen MR) is 116 cm³/mol. The summed E-state index contributed by atoms with van der Waals surface area (Å²) in [5.74, 6) is -0.745. The van der Waals surface area contributed by atoms with Crippen LogP contribution in [0.15, 0.2) is 48.5 Å². The van der Waals surface area contributed by atoms with Gasteiger partial charge >= 0.3 is 0 Å². The number of hydrogen-bond donors (Lipinski definition) is 0. The Morgan fingerprint density at radius 2 is 0.677 bits per heavy atom. The summed E-state index contributed by atoms with van der Waals surface area (Å²) in [6.45, 7) is 0.929. The van der Waals surface area contributed by atoms with Crippen LogP contribution in [0.25, 0.3) is 0 Å². The molecule has 0 N–H and O–H groups in total. The van der Waals surface area contributed by atoms with Crippen molar-refractivity contribution < 1.29 is 19.2 Å². The third kappa shape index (κ3) is 4.15. The molecule has 4 rings (SSSR count). The molecule has 160 valence electrons. The lowest BCUT2D eigenvalue weighted by Gasteiger charge is -2.14. The number of rotatable bonds is 10. The standard InChI is InChI=1S/C25H26N2O4/c28-22-18-12-6-7-13-19(18)23(29)26(22)16-10-4-2-1-3-5-11-17-27-24(30)20-14-8-9-15-21(20)25(27)31/h6-9,12-15H,1-5,10-11,16-17H2. The lowest BCUT2D eigenvalue weighted by Crippen LogP contribution is -2.30. The highest BCUT2D eigenvalue weighted by molar-refractivity contribution is 6.22. The molecule has 0 spiro atoms. The van der Waals surface area contributed by atoms with Crippen molar-refractivity contribution in [2.75, 3.05) is 13.1 Å². The van der Waals surface area contributed by atoms with Gasteiger partial charge in [-0.15, -0.1) is 0 Å². The minimum Gasteiger partial charge on any atom is -0.274 e. The first-order chi connectivity index (χ1) is 15.1. The van der Waals surface area contributed by atoms with Crippen LogP contribution < -0.4 is 0 Å². The van der Waals surface area contributed by atoms with Gasteiger partial charge in [-0.25, -0.2) is 0 Å². The van der Waals surface area contributed by atoms with Crippen LogP contribution in [0.4, 0.5) is 0 Å². The minimum atomic E-state index is -0.186. The molecule has 0 saturated carbocycles. The molecule has 0 atom stereocenters. The average molecular weight is 418 g/mol. The van der Waals surface area contributed by atoms with Crippen molar-refractivity contribution in [3.63, 3.8) is 0 Å². The molecule has 2 aliphatic heterocycles. The molecule has 2 aromatic carbocycles. The molecule has 0 unspecified atom stereocenters. The molecular formula is C25H26N2O4. The number of fused-ring (bicyclic) bond motifs is 2. The first-order valence-corrected chi connectivity index (χ1v) is 11.0. The van der Waals surface area contributed by atoms with Gasteiger partial charge in [-0.2, -0.15) is 0 Å². The van der Waals surface area contributed by atoms with Gasteiger partial charge in [0.15, 0.2) is 0 Å². The number of carbonyl (C=O) groups is 4. The lowest BCUT2D eigenvalue weighted by atomic mass is 10.1. The summed E-state index contributed by atoms with van der Waals surface area (Å²) in [5, 5.41) is 0. The van der Waals surface area contributed by atoms with E-state index in [1.807, 2.05) is 0 Å². The zero-order valence-electron chi connectivity index (χ0n) is 17.5. The Labute approximate surface area is 181 Å². The number of nitrogens with zero attached hydrogens (tertiary/aromatic N) is 2. The van der Waals surface area contributed by atoms with Crippen molar-refractivity contribution in [2.45, 2.75) is 44.9 Å². The van der Waals surface area contributed by atoms with E-state index in [0.29, 0.717) is 35.3 Å². The van der Waals surface area contributed by atoms with E-state index in [1.54, 1.807) is 48.5 Å². The highest BCUT2D eigenvalue weighted by atomic mass is 16.2. The zero-order valence-corrected chi connectivity index (χ0v) is 17.5. The molecule has 0 aliphatic carbocycles. The Hall–Kier alpha value is -3.28. The van der Waals surface area contributed by atoms with Crippen LogP contribution in [0.3, 0.4) is 0 Å². The zero-order chi connectivity index (χ0) is 21.8. The molecule has 0 bridgehead atoms. The fourth-order valence-corrected chi connectivity index (χ4v) is 4.31. The Balaban J connectivity index is 1.09. The Bertz CT molecular complexity index is 878. The predicted octanol–water partition coefficient (Wildman–Crippen LogP) is 4.31. The molecule has 6 nitrogen and oxygen atoms in total. The van der Waals surface area contributed by atoms with Gasteiger partial charge in [-0.3, -0.25) is 29.0 Å². The van der Waals surface area contributed by atoms with E-state index in [1.165, 1.54) is 9.80 Å². The van der Waals surface area contributed by atoms with Crippen LogP contribution in [0, 0.1) is 0 Å². The molecule has 2 aromatic rings. The molecular weight excluding hydrogens is 392 g/mol. The largest absolute Gasteiger partial charge is 0.274 e. The second-order valence-electron chi connectivity index (χ2n) is 8.09. The van der Waals surface area contributed by atoms with Gasteiger partial charge < -0.3 is 0 Å². The monoisotopic (exact) mass is 418 g/mol. The number of benzene rings is 2. The Morgan fingerprint density at radius 3 is 0.968 bits per heavy atom. The smallest absolute Gasteiger partial charge is 0.261 e. The van der Waals surface area contributed by atoms with Crippen molar-refractivity contribution in [1.29, 1.82) is 0 Å². The molecule has 0 aromatic heterocycles. The van der Waals surface area contributed by atoms with E-state index in [9.17, 15) is 19.2 Å². The van der Waals surface area contributed by atoms with Crippen LogP contribution >= 0.6 is 0 Å². The van der Waals surface area contributed by atoms with E-state index >= 15 is 0 Å². The lowest BCUT2D eigenvalue weighted by molar-refractivity contribution is 0.0636. The second-order valence-corrected chi connectivity index (χ2v) is 8.09. The fraction of sp³-hybridized carbons (Fsp3) is 0.360. The summed E-state index contributed by atoms with van der Waals surface area (Å²) in [5.41, 5.74) is 2.02. The second kappa shape index (κ2) is 9.25. The normalized spacial score (nSPS) is 15.1. The fourth-order valence-electron chi connectivity index (χ4n) is 4.31. The van der Waals surface area contributed by atoms with Crippen molar-refractivity contribution in [2.24, 2.45) is 0 Å². The van der Waals surface area contributed by atoms with Crippen LogP contribution in [-0.4, -0.2) is 46.5 Å². The van der Waals surface area contributed by atoms with Gasteiger partial charge in [-0.1, -0.05) is 56.4 Å². The van der Waals surface area contributed by atoms with Crippen molar-refractivity contribution in [1.82, 2.24) is 9.80 Å². The topological polar surface area (TPSA) is 74.8 Å². The van der Waals surface area contributed by atoms with Gasteiger partial charge in [0.1, 0.15) is 0 Å². The van der Waals surface area contributed by atoms with E-state index < -0.39 is 0 Å². The van der Waals surface area contributed by atoms with Crippen molar-refractivity contribution >= 4 is 23.6 Å². The molecule has 6 heteroatoms. The molecule has 4 amide bonds. The number of amides is 4. The maximum atomic E-state index is 12.3. The number of unbranched alkanes of at least 4 members (excludes halogenated alkanes) is 6. The first-order valence-electron chi connectivity index (χ1n) is 11.0. The maximum Gasteiger partial charge on any atom is 0.261 e. The molecule has 2 aliphatic rings. The van der Waals surface area contributed by atoms with Gasteiger partial charge in [0, 0.05) is 13.1 Å². The highest BCUT2D eigenvalue weighted by Crippen LogP contribution is 2.24. The minimum absolute atomic E-state index is 0.186. The van der Waals surface area contributed by atoms with E-state index in [-0.39, 0.29) is 23.6 Å². The molecule has 0 fully saturated rings. The van der Waals surface area contributed by atoms with Gasteiger partial charge in [0.05, 0.1) is 22.3 Å². The Morgan fingerprint density at radius 1 is 0.419 bits per heavy atom. The van der Waals surface area contributed by atoms with Crippen molar-refractivity contribution in [3.8, 4) is 0 Å². The summed E-state index contributed by atoms with van der Waals surface area (Å²) in [6, 6.07) is 13.9. The molecule has 0 radical (unpaired) electrons. The van der Waals surface area contributed by atoms with Crippen LogP contribution in [0.2, 0.25) is 0 Å². The summed E-state index contributed by atoms with van der Waals surface area (Å²) < 4.78 is 0. The number of carbonyl (C=O) groups excluding carboxylic acids is 4. The van der Waals surface area contributed by atoms with E-state index in [0.717, 1.165) is 44.9 Å². The van der Waals surface area contributed by atoms with E-state index in [2.05, 4.69) is 0 Å². The SMILES string of the molecule is O=C1c2ccccc2C(=O)N1CCCCCCCCCN1C(=O)c2ccccc2C1=O. The third-order valence-corrected chi connectivity index (χ3v) is 6.02. The summed E-state index contributed by atoms with van der Waals surface area (Å²) in [6.07, 6.45) is 6.68. The molecule has 31 heavy (non-hydrogen) atoms. The van der Waals surface area contributed by atoms with Crippen LogP contribution in [-0.2, 0) is 0 Å². The van der Waals surface area contributed by atoms with Crippen LogP contribution in [0.1, 0.15) is 86.4 Å².